The summed E-state index contributed by atoms with van der Waals surface area (Å²) in [5.41, 5.74) is 8.12. The highest BCUT2D eigenvalue weighted by Crippen LogP contribution is 2.27. The Kier molecular flexibility index (Phi) is 5.20. The lowest BCUT2D eigenvalue weighted by Gasteiger charge is -2.08. The van der Waals surface area contributed by atoms with Gasteiger partial charge in [0.05, 0.1) is 11.9 Å². The van der Waals surface area contributed by atoms with Gasteiger partial charge in [0.1, 0.15) is 5.69 Å². The molecule has 0 bridgehead atoms. The molecule has 112 valence electrons. The Morgan fingerprint density at radius 3 is 2.18 bits per heavy atom. The van der Waals surface area contributed by atoms with E-state index in [9.17, 15) is 0 Å². The van der Waals surface area contributed by atoms with Crippen LogP contribution in [0.3, 0.4) is 0 Å². The zero-order valence-corrected chi connectivity index (χ0v) is 13.1. The van der Waals surface area contributed by atoms with Crippen LogP contribution in [0.5, 0.6) is 0 Å². The number of aromatic nitrogens is 2. The summed E-state index contributed by atoms with van der Waals surface area (Å²) in [5.74, 6) is 0.633. The van der Waals surface area contributed by atoms with Crippen LogP contribution in [0.15, 0.2) is 66.9 Å². The summed E-state index contributed by atoms with van der Waals surface area (Å²) in [5, 5.41) is 8.06. The smallest absolute Gasteiger partial charge is 0.326 e. The number of rotatable bonds is 3. The number of hydrogen-bond donors (Lipinski definition) is 2. The average Bonchev–Trinajstić information content (AvgIpc) is 2.54. The molecule has 2 aromatic carbocycles. The van der Waals surface area contributed by atoms with Gasteiger partial charge in [0.15, 0.2) is 10.7 Å². The first-order valence-electron chi connectivity index (χ1n) is 6.49. The molecule has 1 heterocycles. The van der Waals surface area contributed by atoms with E-state index in [1.807, 2.05) is 60.7 Å². The SMILES string of the molecule is Nc1cn[n+](-c2ccccc2)c(Nc2ccccc2)c1Cl.[Cl-]. The highest BCUT2D eigenvalue weighted by molar-refractivity contribution is 6.35. The molecule has 0 unspecified atom stereocenters. The summed E-state index contributed by atoms with van der Waals surface area (Å²) in [6.45, 7) is 0. The van der Waals surface area contributed by atoms with Crippen molar-refractivity contribution in [1.82, 2.24) is 5.10 Å². The summed E-state index contributed by atoms with van der Waals surface area (Å²) >= 11 is 6.35. The van der Waals surface area contributed by atoms with Crippen molar-refractivity contribution in [1.29, 1.82) is 0 Å². The van der Waals surface area contributed by atoms with Crippen molar-refractivity contribution in [3.8, 4) is 5.69 Å². The molecule has 0 aliphatic rings. The first-order valence-corrected chi connectivity index (χ1v) is 6.87. The number of para-hydroxylation sites is 2. The van der Waals surface area contributed by atoms with Crippen LogP contribution < -0.4 is 28.1 Å². The Bertz CT molecular complexity index is 749. The molecule has 0 spiro atoms. The molecule has 0 radical (unpaired) electrons. The second-order valence-corrected chi connectivity index (χ2v) is 4.88. The number of nitrogens with one attached hydrogen (secondary N) is 1. The second-order valence-electron chi connectivity index (χ2n) is 4.50. The average molecular weight is 333 g/mol. The number of nitrogens with zero attached hydrogens (tertiary/aromatic N) is 2. The number of halogens is 2. The lowest BCUT2D eigenvalue weighted by atomic mass is 10.3. The molecule has 0 atom stereocenters. The van der Waals surface area contributed by atoms with E-state index in [0.717, 1.165) is 11.4 Å². The number of benzene rings is 2. The largest absolute Gasteiger partial charge is 1.00 e. The van der Waals surface area contributed by atoms with Gasteiger partial charge in [-0.2, -0.15) is 0 Å². The molecule has 0 aliphatic heterocycles. The molecule has 0 aliphatic carbocycles. The molecule has 4 nitrogen and oxygen atoms in total. The van der Waals surface area contributed by atoms with E-state index in [1.165, 1.54) is 0 Å². The predicted octanol–water partition coefficient (Wildman–Crippen LogP) is 0.341. The normalized spacial score (nSPS) is 9.86. The summed E-state index contributed by atoms with van der Waals surface area (Å²) in [7, 11) is 0. The van der Waals surface area contributed by atoms with E-state index in [1.54, 1.807) is 10.9 Å². The third-order valence-electron chi connectivity index (χ3n) is 3.02. The van der Waals surface area contributed by atoms with E-state index in [-0.39, 0.29) is 12.4 Å². The highest BCUT2D eigenvalue weighted by Gasteiger charge is 2.20. The standard InChI is InChI=1S/C16H13ClN4.ClH/c17-15-14(18)11-19-21(13-9-5-2-6-10-13)16(15)20-12-7-3-1-4-8-12;/h1-11H,(H2,18,20);1H. The van der Waals surface area contributed by atoms with Crippen molar-refractivity contribution in [3.05, 3.63) is 71.9 Å². The number of nitrogen functional groups attached to an aromatic ring is 1. The van der Waals surface area contributed by atoms with Gasteiger partial charge in [-0.3, -0.25) is 0 Å². The number of anilines is 3. The summed E-state index contributed by atoms with van der Waals surface area (Å²) in [6.07, 6.45) is 1.55. The first kappa shape index (κ1) is 16.1. The molecule has 0 amide bonds. The van der Waals surface area contributed by atoms with Crippen molar-refractivity contribution in [2.24, 2.45) is 0 Å². The quantitative estimate of drug-likeness (QED) is 0.680. The van der Waals surface area contributed by atoms with Crippen molar-refractivity contribution in [2.75, 3.05) is 11.1 Å². The van der Waals surface area contributed by atoms with Crippen LogP contribution in [0.2, 0.25) is 5.02 Å². The molecule has 6 heteroatoms. The number of nitrogens with two attached hydrogens (primary N) is 1. The molecular weight excluding hydrogens is 319 g/mol. The third-order valence-corrected chi connectivity index (χ3v) is 3.42. The van der Waals surface area contributed by atoms with Gasteiger partial charge in [-0.1, -0.05) is 57.8 Å². The zero-order valence-electron chi connectivity index (χ0n) is 11.6. The summed E-state index contributed by atoms with van der Waals surface area (Å²) in [6, 6.07) is 19.5. The Labute approximate surface area is 140 Å². The highest BCUT2D eigenvalue weighted by atomic mass is 35.5. The van der Waals surface area contributed by atoms with E-state index < -0.39 is 0 Å². The van der Waals surface area contributed by atoms with Crippen LogP contribution in [0.4, 0.5) is 17.2 Å². The van der Waals surface area contributed by atoms with Crippen LogP contribution in [-0.4, -0.2) is 5.10 Å². The van der Waals surface area contributed by atoms with Crippen molar-refractivity contribution < 1.29 is 17.1 Å². The third kappa shape index (κ3) is 3.30. The van der Waals surface area contributed by atoms with E-state index in [2.05, 4.69) is 10.4 Å². The molecule has 1 aromatic heterocycles. The van der Waals surface area contributed by atoms with Gasteiger partial charge in [0.2, 0.25) is 0 Å². The fourth-order valence-corrected chi connectivity index (χ4v) is 2.17. The van der Waals surface area contributed by atoms with Crippen molar-refractivity contribution in [2.45, 2.75) is 0 Å². The minimum Gasteiger partial charge on any atom is -1.00 e. The topological polar surface area (TPSA) is 54.8 Å². The van der Waals surface area contributed by atoms with Crippen LogP contribution >= 0.6 is 11.6 Å². The van der Waals surface area contributed by atoms with Crippen molar-refractivity contribution in [3.63, 3.8) is 0 Å². The van der Waals surface area contributed by atoms with Crippen LogP contribution in [-0.2, 0) is 0 Å². The maximum absolute atomic E-state index is 6.35. The van der Waals surface area contributed by atoms with Crippen LogP contribution in [0, 0.1) is 0 Å². The number of hydrogen-bond acceptors (Lipinski definition) is 3. The van der Waals surface area contributed by atoms with Crippen molar-refractivity contribution >= 4 is 28.8 Å². The van der Waals surface area contributed by atoms with Gasteiger partial charge in [0.25, 0.3) is 0 Å². The zero-order chi connectivity index (χ0) is 14.7. The van der Waals surface area contributed by atoms with Crippen LogP contribution in [0.1, 0.15) is 0 Å². The Balaban J connectivity index is 0.00000176. The predicted molar refractivity (Wildman–Crippen MR) is 84.9 cm³/mol. The van der Waals surface area contributed by atoms with Gasteiger partial charge < -0.3 is 18.1 Å². The van der Waals surface area contributed by atoms with E-state index in [0.29, 0.717) is 16.5 Å². The monoisotopic (exact) mass is 332 g/mol. The molecule has 3 N–H and O–H groups in total. The van der Waals surface area contributed by atoms with Gasteiger partial charge >= 0.3 is 5.82 Å². The van der Waals surface area contributed by atoms with Gasteiger partial charge in [-0.25, -0.2) is 5.32 Å². The van der Waals surface area contributed by atoms with Crippen LogP contribution in [0.25, 0.3) is 5.69 Å². The van der Waals surface area contributed by atoms with Gasteiger partial charge in [-0.15, -0.1) is 0 Å². The second kappa shape index (κ2) is 7.11. The molecule has 3 rings (SSSR count). The lowest BCUT2D eigenvalue weighted by molar-refractivity contribution is -0.645. The molecule has 3 aromatic rings. The Morgan fingerprint density at radius 1 is 0.955 bits per heavy atom. The first-order chi connectivity index (χ1) is 10.3. The summed E-state index contributed by atoms with van der Waals surface area (Å²) < 4.78 is 1.73. The lowest BCUT2D eigenvalue weighted by Crippen LogP contribution is -3.00. The van der Waals surface area contributed by atoms with Gasteiger partial charge in [0, 0.05) is 0 Å². The summed E-state index contributed by atoms with van der Waals surface area (Å²) in [4.78, 5) is 0. The van der Waals surface area contributed by atoms with E-state index in [4.69, 9.17) is 17.3 Å². The molecular formula is C16H14Cl2N4. The maximum Gasteiger partial charge on any atom is 0.326 e. The fourth-order valence-electron chi connectivity index (χ4n) is 2.00. The Morgan fingerprint density at radius 2 is 1.55 bits per heavy atom. The minimum atomic E-state index is 0. The van der Waals surface area contributed by atoms with Gasteiger partial charge in [-0.05, 0) is 24.3 Å². The fraction of sp³-hybridized carbons (Fsp3) is 0. The molecule has 0 fully saturated rings. The molecule has 22 heavy (non-hydrogen) atoms. The molecule has 0 saturated heterocycles. The molecule has 0 saturated carbocycles. The Hall–Kier alpha value is -2.30. The minimum absolute atomic E-state index is 0. The maximum atomic E-state index is 6.35. The van der Waals surface area contributed by atoms with E-state index >= 15 is 0 Å².